The quantitative estimate of drug-likeness (QED) is 0.814. The van der Waals surface area contributed by atoms with E-state index in [1.54, 1.807) is 11.0 Å². The van der Waals surface area contributed by atoms with E-state index in [0.29, 0.717) is 12.1 Å². The molecule has 0 spiro atoms. The van der Waals surface area contributed by atoms with Gasteiger partial charge in [-0.3, -0.25) is 9.59 Å². The Hall–Kier alpha value is -1.78. The molecule has 2 atom stereocenters. The molecule has 16 heavy (non-hydrogen) atoms. The summed E-state index contributed by atoms with van der Waals surface area (Å²) in [5, 5.41) is 8.96. The number of furan rings is 1. The number of nitrogens with zero attached hydrogens (tertiary/aromatic N) is 1. The summed E-state index contributed by atoms with van der Waals surface area (Å²) in [4.78, 5) is 24.4. The van der Waals surface area contributed by atoms with E-state index >= 15 is 0 Å². The lowest BCUT2D eigenvalue weighted by Gasteiger charge is -2.14. The number of carbonyl (C=O) groups excluding carboxylic acids is 1. The highest BCUT2D eigenvalue weighted by atomic mass is 16.4. The van der Waals surface area contributed by atoms with Crippen LogP contribution in [0.25, 0.3) is 0 Å². The molecule has 1 aliphatic rings. The molecule has 2 heterocycles. The first-order valence-electron chi connectivity index (χ1n) is 5.14. The minimum Gasteiger partial charge on any atom is -0.481 e. The SMILES string of the molecule is CC1CN(C(=O)c2ccoc2)CC1C(=O)O. The molecule has 1 fully saturated rings. The number of rotatable bonds is 2. The summed E-state index contributed by atoms with van der Waals surface area (Å²) in [5.74, 6) is -1.47. The summed E-state index contributed by atoms with van der Waals surface area (Å²) >= 11 is 0. The average molecular weight is 223 g/mol. The van der Waals surface area contributed by atoms with Gasteiger partial charge >= 0.3 is 5.97 Å². The lowest BCUT2D eigenvalue weighted by atomic mass is 9.99. The van der Waals surface area contributed by atoms with E-state index in [2.05, 4.69) is 0 Å². The van der Waals surface area contributed by atoms with E-state index in [9.17, 15) is 9.59 Å². The van der Waals surface area contributed by atoms with E-state index < -0.39 is 11.9 Å². The molecule has 1 aliphatic heterocycles. The molecule has 86 valence electrons. The van der Waals surface area contributed by atoms with Gasteiger partial charge in [0.1, 0.15) is 6.26 Å². The van der Waals surface area contributed by atoms with Crippen LogP contribution in [0.3, 0.4) is 0 Å². The number of carboxylic acid groups (broad SMARTS) is 1. The van der Waals surface area contributed by atoms with Crippen molar-refractivity contribution < 1.29 is 19.1 Å². The molecule has 2 unspecified atom stereocenters. The smallest absolute Gasteiger partial charge is 0.308 e. The maximum atomic E-state index is 11.9. The molecule has 1 amide bonds. The normalized spacial score (nSPS) is 24.7. The van der Waals surface area contributed by atoms with Crippen molar-refractivity contribution in [2.75, 3.05) is 13.1 Å². The Morgan fingerprint density at radius 3 is 2.75 bits per heavy atom. The molecule has 0 aliphatic carbocycles. The second-order valence-corrected chi connectivity index (χ2v) is 4.14. The fraction of sp³-hybridized carbons (Fsp3) is 0.455. The number of hydrogen-bond acceptors (Lipinski definition) is 3. The lowest BCUT2D eigenvalue weighted by Crippen LogP contribution is -2.29. The summed E-state index contributed by atoms with van der Waals surface area (Å²) in [6.07, 6.45) is 2.81. The zero-order valence-electron chi connectivity index (χ0n) is 8.92. The molecule has 0 aromatic carbocycles. The van der Waals surface area contributed by atoms with Crippen LogP contribution in [0.15, 0.2) is 23.0 Å². The predicted octanol–water partition coefficient (Wildman–Crippen LogP) is 1.07. The lowest BCUT2D eigenvalue weighted by molar-refractivity contribution is -0.142. The van der Waals surface area contributed by atoms with Crippen molar-refractivity contribution in [2.45, 2.75) is 6.92 Å². The second kappa shape index (κ2) is 4.00. The van der Waals surface area contributed by atoms with Gasteiger partial charge in [-0.2, -0.15) is 0 Å². The van der Waals surface area contributed by atoms with Crippen LogP contribution in [0.4, 0.5) is 0 Å². The van der Waals surface area contributed by atoms with Crippen LogP contribution >= 0.6 is 0 Å². The molecule has 0 bridgehead atoms. The Kier molecular flexibility index (Phi) is 2.68. The van der Waals surface area contributed by atoms with Crippen LogP contribution in [0.1, 0.15) is 17.3 Å². The fourth-order valence-corrected chi connectivity index (χ4v) is 2.02. The molecule has 0 saturated carbocycles. The van der Waals surface area contributed by atoms with Crippen molar-refractivity contribution >= 4 is 11.9 Å². The van der Waals surface area contributed by atoms with Gasteiger partial charge in [0.2, 0.25) is 0 Å². The fourth-order valence-electron chi connectivity index (χ4n) is 2.02. The first kappa shape index (κ1) is 10.7. The highest BCUT2D eigenvalue weighted by Gasteiger charge is 2.37. The van der Waals surface area contributed by atoms with Crippen molar-refractivity contribution in [1.29, 1.82) is 0 Å². The Balaban J connectivity index is 2.09. The average Bonchev–Trinajstić information content (AvgIpc) is 2.84. The van der Waals surface area contributed by atoms with E-state index in [4.69, 9.17) is 9.52 Å². The maximum Gasteiger partial charge on any atom is 0.308 e. The summed E-state index contributed by atoms with van der Waals surface area (Å²) in [6, 6.07) is 1.58. The van der Waals surface area contributed by atoms with E-state index in [1.165, 1.54) is 12.5 Å². The molecule has 0 radical (unpaired) electrons. The highest BCUT2D eigenvalue weighted by molar-refractivity contribution is 5.94. The van der Waals surface area contributed by atoms with Crippen LogP contribution in [0.2, 0.25) is 0 Å². The molecule has 5 heteroatoms. The van der Waals surface area contributed by atoms with Gasteiger partial charge in [-0.1, -0.05) is 6.92 Å². The molecule has 1 aromatic rings. The first-order chi connectivity index (χ1) is 7.59. The Morgan fingerprint density at radius 1 is 1.50 bits per heavy atom. The largest absolute Gasteiger partial charge is 0.481 e. The third kappa shape index (κ3) is 1.80. The summed E-state index contributed by atoms with van der Waals surface area (Å²) in [5.41, 5.74) is 0.471. The summed E-state index contributed by atoms with van der Waals surface area (Å²) in [6.45, 7) is 2.61. The van der Waals surface area contributed by atoms with Crippen LogP contribution in [0.5, 0.6) is 0 Å². The summed E-state index contributed by atoms with van der Waals surface area (Å²) in [7, 11) is 0. The molecule has 1 N–H and O–H groups in total. The van der Waals surface area contributed by atoms with E-state index in [0.717, 1.165) is 0 Å². The number of carboxylic acids is 1. The van der Waals surface area contributed by atoms with Crippen molar-refractivity contribution in [3.8, 4) is 0 Å². The van der Waals surface area contributed by atoms with Gasteiger partial charge in [-0.25, -0.2) is 0 Å². The van der Waals surface area contributed by atoms with Gasteiger partial charge in [0.05, 0.1) is 17.7 Å². The molecule has 5 nitrogen and oxygen atoms in total. The van der Waals surface area contributed by atoms with Crippen molar-refractivity contribution in [2.24, 2.45) is 11.8 Å². The zero-order chi connectivity index (χ0) is 11.7. The van der Waals surface area contributed by atoms with Gasteiger partial charge in [0.15, 0.2) is 0 Å². The van der Waals surface area contributed by atoms with Gasteiger partial charge in [0.25, 0.3) is 5.91 Å². The molecule has 2 rings (SSSR count). The molecular weight excluding hydrogens is 210 g/mol. The number of hydrogen-bond donors (Lipinski definition) is 1. The minimum absolute atomic E-state index is 0.00616. The molecule has 1 saturated heterocycles. The molecular formula is C11H13NO4. The Labute approximate surface area is 92.7 Å². The van der Waals surface area contributed by atoms with Gasteiger partial charge in [-0.05, 0) is 12.0 Å². The van der Waals surface area contributed by atoms with Crippen LogP contribution < -0.4 is 0 Å². The van der Waals surface area contributed by atoms with Crippen LogP contribution in [-0.2, 0) is 4.79 Å². The zero-order valence-corrected chi connectivity index (χ0v) is 8.92. The van der Waals surface area contributed by atoms with Crippen molar-refractivity contribution in [1.82, 2.24) is 4.90 Å². The van der Waals surface area contributed by atoms with Crippen LogP contribution in [0, 0.1) is 11.8 Å². The Morgan fingerprint density at radius 2 is 2.25 bits per heavy atom. The predicted molar refractivity (Wildman–Crippen MR) is 54.9 cm³/mol. The van der Waals surface area contributed by atoms with Gasteiger partial charge in [0, 0.05) is 13.1 Å². The number of likely N-dealkylation sites (tertiary alicyclic amines) is 1. The standard InChI is InChI=1S/C11H13NO4/c1-7-4-12(5-9(7)11(14)15)10(13)8-2-3-16-6-8/h2-3,6-7,9H,4-5H2,1H3,(H,14,15). The van der Waals surface area contributed by atoms with Crippen molar-refractivity contribution in [3.63, 3.8) is 0 Å². The third-order valence-corrected chi connectivity index (χ3v) is 2.98. The van der Waals surface area contributed by atoms with E-state index in [1.807, 2.05) is 6.92 Å². The number of carbonyl (C=O) groups is 2. The number of aliphatic carboxylic acids is 1. The van der Waals surface area contributed by atoms with Crippen LogP contribution in [-0.4, -0.2) is 35.0 Å². The summed E-state index contributed by atoms with van der Waals surface area (Å²) < 4.78 is 4.83. The maximum absolute atomic E-state index is 11.9. The van der Waals surface area contributed by atoms with Gasteiger partial charge in [-0.15, -0.1) is 0 Å². The molecule has 1 aromatic heterocycles. The topological polar surface area (TPSA) is 70.8 Å². The van der Waals surface area contributed by atoms with Crippen molar-refractivity contribution in [3.05, 3.63) is 24.2 Å². The van der Waals surface area contributed by atoms with E-state index in [-0.39, 0.29) is 18.4 Å². The highest BCUT2D eigenvalue weighted by Crippen LogP contribution is 2.24. The van der Waals surface area contributed by atoms with Gasteiger partial charge < -0.3 is 14.4 Å². The Bertz CT molecular complexity index is 398. The first-order valence-corrected chi connectivity index (χ1v) is 5.14. The third-order valence-electron chi connectivity index (χ3n) is 2.98. The number of amides is 1. The monoisotopic (exact) mass is 223 g/mol. The second-order valence-electron chi connectivity index (χ2n) is 4.14. The minimum atomic E-state index is -0.838.